The molecule has 7 heteroatoms. The molecule has 1 unspecified atom stereocenters. The maximum atomic E-state index is 5.53. The van der Waals surface area contributed by atoms with Crippen molar-refractivity contribution >= 4 is 17.3 Å². The number of aryl methyl sites for hydroxylation is 1. The lowest BCUT2D eigenvalue weighted by molar-refractivity contribution is 0.0176. The summed E-state index contributed by atoms with van der Waals surface area (Å²) in [7, 11) is 6.00. The van der Waals surface area contributed by atoms with Gasteiger partial charge in [0, 0.05) is 57.5 Å². The van der Waals surface area contributed by atoms with Gasteiger partial charge in [-0.25, -0.2) is 0 Å². The quantitative estimate of drug-likeness (QED) is 0.621. The Kier molecular flexibility index (Phi) is 6.71. The van der Waals surface area contributed by atoms with E-state index in [9.17, 15) is 0 Å². The maximum Gasteiger partial charge on any atom is 0.193 e. The molecule has 0 aromatic carbocycles. The molecule has 0 spiro atoms. The minimum absolute atomic E-state index is 0.346. The number of thiophene rings is 1. The van der Waals surface area contributed by atoms with Gasteiger partial charge in [-0.05, 0) is 23.6 Å². The molecule has 0 radical (unpaired) electrons. The van der Waals surface area contributed by atoms with Crippen molar-refractivity contribution in [3.63, 3.8) is 0 Å². The highest BCUT2D eigenvalue weighted by molar-refractivity contribution is 7.10. The Morgan fingerprint density at radius 3 is 2.77 bits per heavy atom. The predicted molar refractivity (Wildman–Crippen MR) is 108 cm³/mol. The fourth-order valence-electron chi connectivity index (χ4n) is 3.33. The molecule has 2 aromatic heterocycles. The Hall–Kier alpha value is -1.83. The van der Waals surface area contributed by atoms with Gasteiger partial charge in [0.2, 0.25) is 0 Å². The standard InChI is InChI=1S/C19H29N5OS/c1-20-19(23(3)15-16-6-4-8-22(16)2)21-14-17(18-7-5-13-26-18)24-9-11-25-12-10-24/h4-8,13,17H,9-12,14-15H2,1-3H3,(H,20,21). The molecule has 26 heavy (non-hydrogen) atoms. The van der Waals surface area contributed by atoms with Crippen molar-refractivity contribution < 1.29 is 4.74 Å². The zero-order valence-electron chi connectivity index (χ0n) is 15.9. The average molecular weight is 376 g/mol. The molecule has 1 N–H and O–H groups in total. The highest BCUT2D eigenvalue weighted by atomic mass is 32.1. The van der Waals surface area contributed by atoms with E-state index < -0.39 is 0 Å². The molecule has 142 valence electrons. The minimum atomic E-state index is 0.346. The molecule has 0 aliphatic carbocycles. The molecule has 1 saturated heterocycles. The smallest absolute Gasteiger partial charge is 0.193 e. The van der Waals surface area contributed by atoms with E-state index >= 15 is 0 Å². The first-order valence-electron chi connectivity index (χ1n) is 9.06. The molecule has 0 amide bonds. The van der Waals surface area contributed by atoms with Crippen LogP contribution in [-0.4, -0.2) is 67.3 Å². The van der Waals surface area contributed by atoms with Gasteiger partial charge in [-0.3, -0.25) is 9.89 Å². The van der Waals surface area contributed by atoms with E-state index in [0.717, 1.165) is 45.4 Å². The number of aliphatic imine (C=N–C) groups is 1. The molecule has 3 heterocycles. The topological polar surface area (TPSA) is 45.0 Å². The first-order valence-corrected chi connectivity index (χ1v) is 9.94. The number of hydrogen-bond acceptors (Lipinski definition) is 4. The Morgan fingerprint density at radius 2 is 2.15 bits per heavy atom. The van der Waals surface area contributed by atoms with Crippen LogP contribution in [0.1, 0.15) is 16.6 Å². The van der Waals surface area contributed by atoms with E-state index in [1.807, 2.05) is 18.4 Å². The van der Waals surface area contributed by atoms with Crippen molar-refractivity contribution in [1.82, 2.24) is 19.7 Å². The Bertz CT molecular complexity index is 691. The summed E-state index contributed by atoms with van der Waals surface area (Å²) in [6, 6.07) is 8.92. The van der Waals surface area contributed by atoms with Crippen LogP contribution in [0, 0.1) is 0 Å². The second kappa shape index (κ2) is 9.21. The number of nitrogens with one attached hydrogen (secondary N) is 1. The molecule has 6 nitrogen and oxygen atoms in total. The van der Waals surface area contributed by atoms with Crippen molar-refractivity contribution in [2.24, 2.45) is 12.0 Å². The molecule has 1 fully saturated rings. The molecule has 0 saturated carbocycles. The highest BCUT2D eigenvalue weighted by Crippen LogP contribution is 2.25. The van der Waals surface area contributed by atoms with E-state index in [1.54, 1.807) is 0 Å². The van der Waals surface area contributed by atoms with Crippen LogP contribution in [0.3, 0.4) is 0 Å². The number of rotatable bonds is 6. The van der Waals surface area contributed by atoms with Gasteiger partial charge < -0.3 is 19.5 Å². The fourth-order valence-corrected chi connectivity index (χ4v) is 4.19. The highest BCUT2D eigenvalue weighted by Gasteiger charge is 2.24. The first-order chi connectivity index (χ1) is 12.7. The molecule has 3 rings (SSSR count). The van der Waals surface area contributed by atoms with Gasteiger partial charge >= 0.3 is 0 Å². The predicted octanol–water partition coefficient (Wildman–Crippen LogP) is 2.17. The summed E-state index contributed by atoms with van der Waals surface area (Å²) in [5.74, 6) is 0.918. The SMILES string of the molecule is CN=C(NCC(c1cccs1)N1CCOCC1)N(C)Cc1cccn1C. The molecular formula is C19H29N5OS. The Balaban J connectivity index is 1.63. The van der Waals surface area contributed by atoms with Crippen LogP contribution in [0.4, 0.5) is 0 Å². The maximum absolute atomic E-state index is 5.53. The van der Waals surface area contributed by atoms with E-state index in [0.29, 0.717) is 6.04 Å². The normalized spacial score (nSPS) is 17.3. The van der Waals surface area contributed by atoms with Crippen LogP contribution in [0.2, 0.25) is 0 Å². The van der Waals surface area contributed by atoms with Crippen LogP contribution in [0.25, 0.3) is 0 Å². The summed E-state index contributed by atoms with van der Waals surface area (Å²) >= 11 is 1.82. The van der Waals surface area contributed by atoms with Gasteiger partial charge in [0.05, 0.1) is 25.8 Å². The Morgan fingerprint density at radius 1 is 1.35 bits per heavy atom. The van der Waals surface area contributed by atoms with Crippen LogP contribution in [0.15, 0.2) is 40.8 Å². The number of nitrogens with zero attached hydrogens (tertiary/aromatic N) is 4. The van der Waals surface area contributed by atoms with E-state index in [-0.39, 0.29) is 0 Å². The van der Waals surface area contributed by atoms with Gasteiger partial charge in [-0.1, -0.05) is 6.07 Å². The third-order valence-electron chi connectivity index (χ3n) is 4.84. The minimum Gasteiger partial charge on any atom is -0.379 e. The summed E-state index contributed by atoms with van der Waals surface area (Å²) in [5.41, 5.74) is 1.26. The van der Waals surface area contributed by atoms with Crippen LogP contribution < -0.4 is 5.32 Å². The molecular weight excluding hydrogens is 346 g/mol. The van der Waals surface area contributed by atoms with Gasteiger partial charge in [-0.2, -0.15) is 0 Å². The Labute approximate surface area is 160 Å². The summed E-state index contributed by atoms with van der Waals surface area (Å²) in [5, 5.41) is 5.73. The van der Waals surface area contributed by atoms with Crippen molar-refractivity contribution in [3.05, 3.63) is 46.4 Å². The number of ether oxygens (including phenoxy) is 1. The molecule has 0 bridgehead atoms. The summed E-state index contributed by atoms with van der Waals surface area (Å²) < 4.78 is 7.67. The summed E-state index contributed by atoms with van der Waals surface area (Å²) in [6.07, 6.45) is 2.07. The molecule has 1 atom stereocenters. The fraction of sp³-hybridized carbons (Fsp3) is 0.526. The second-order valence-corrected chi connectivity index (χ2v) is 7.55. The molecule has 1 aliphatic rings. The number of aromatic nitrogens is 1. The summed E-state index contributed by atoms with van der Waals surface area (Å²) in [4.78, 5) is 10.5. The van der Waals surface area contributed by atoms with Crippen molar-refractivity contribution in [2.45, 2.75) is 12.6 Å². The van der Waals surface area contributed by atoms with Gasteiger partial charge in [0.25, 0.3) is 0 Å². The van der Waals surface area contributed by atoms with Crippen LogP contribution >= 0.6 is 11.3 Å². The zero-order valence-corrected chi connectivity index (χ0v) is 16.7. The molecule has 2 aromatic rings. The lowest BCUT2D eigenvalue weighted by Gasteiger charge is -2.35. The van der Waals surface area contributed by atoms with Crippen molar-refractivity contribution in [3.8, 4) is 0 Å². The zero-order chi connectivity index (χ0) is 18.4. The summed E-state index contributed by atoms with van der Waals surface area (Å²) in [6.45, 7) is 5.23. The van der Waals surface area contributed by atoms with Crippen LogP contribution in [-0.2, 0) is 18.3 Å². The largest absolute Gasteiger partial charge is 0.379 e. The van der Waals surface area contributed by atoms with Gasteiger partial charge in [0.1, 0.15) is 0 Å². The average Bonchev–Trinajstić information content (AvgIpc) is 3.32. The number of morpholine rings is 1. The van der Waals surface area contributed by atoms with E-state index in [2.05, 4.69) is 74.6 Å². The van der Waals surface area contributed by atoms with Crippen molar-refractivity contribution in [2.75, 3.05) is 46.9 Å². The second-order valence-electron chi connectivity index (χ2n) is 6.57. The third kappa shape index (κ3) is 4.66. The van der Waals surface area contributed by atoms with E-state index in [4.69, 9.17) is 4.74 Å². The van der Waals surface area contributed by atoms with E-state index in [1.165, 1.54) is 10.6 Å². The number of hydrogen-bond donors (Lipinski definition) is 1. The monoisotopic (exact) mass is 375 g/mol. The first kappa shape index (κ1) is 18.9. The van der Waals surface area contributed by atoms with Crippen LogP contribution in [0.5, 0.6) is 0 Å². The third-order valence-corrected chi connectivity index (χ3v) is 5.81. The van der Waals surface area contributed by atoms with Gasteiger partial charge in [0.15, 0.2) is 5.96 Å². The molecule has 1 aliphatic heterocycles. The lowest BCUT2D eigenvalue weighted by atomic mass is 10.2. The van der Waals surface area contributed by atoms with Crippen molar-refractivity contribution in [1.29, 1.82) is 0 Å². The number of guanidine groups is 1. The lowest BCUT2D eigenvalue weighted by Crippen LogP contribution is -2.46. The van der Waals surface area contributed by atoms with Gasteiger partial charge in [-0.15, -0.1) is 11.3 Å².